The Morgan fingerprint density at radius 3 is 2.76 bits per heavy atom. The minimum atomic E-state index is -0.00956. The van der Waals surface area contributed by atoms with Crippen molar-refractivity contribution in [3.8, 4) is 5.75 Å². The van der Waals surface area contributed by atoms with Crippen LogP contribution in [0.2, 0.25) is 10.0 Å². The van der Waals surface area contributed by atoms with Gasteiger partial charge in [-0.15, -0.1) is 0 Å². The second-order valence-electron chi connectivity index (χ2n) is 5.13. The van der Waals surface area contributed by atoms with Crippen molar-refractivity contribution in [1.82, 2.24) is 5.43 Å². The summed E-state index contributed by atoms with van der Waals surface area (Å²) in [7, 11) is 0. The third-order valence-corrected chi connectivity index (χ3v) is 4.12. The first-order valence-corrected chi connectivity index (χ1v) is 7.37. The zero-order valence-electron chi connectivity index (χ0n) is 11.4. The molecule has 2 N–H and O–H groups in total. The normalized spacial score (nSPS) is 17.5. The van der Waals surface area contributed by atoms with Crippen LogP contribution in [0.1, 0.15) is 29.2 Å². The molecule has 1 heterocycles. The largest absolute Gasteiger partial charge is 0.507 e. The number of hydrazone groups is 1. The van der Waals surface area contributed by atoms with Crippen molar-refractivity contribution in [2.75, 3.05) is 0 Å². The van der Waals surface area contributed by atoms with Gasteiger partial charge in [0.15, 0.2) is 0 Å². The first-order valence-electron chi connectivity index (χ1n) is 6.61. The average Bonchev–Trinajstić information content (AvgIpc) is 2.91. The molecule has 3 rings (SSSR count). The van der Waals surface area contributed by atoms with E-state index in [1.807, 2.05) is 31.2 Å². The van der Waals surface area contributed by atoms with Crippen LogP contribution in [0.3, 0.4) is 0 Å². The van der Waals surface area contributed by atoms with Crippen LogP contribution in [0.4, 0.5) is 0 Å². The number of nitrogens with zero attached hydrogens (tertiary/aromatic N) is 1. The monoisotopic (exact) mass is 320 g/mol. The number of rotatable bonds is 2. The van der Waals surface area contributed by atoms with Crippen molar-refractivity contribution in [1.29, 1.82) is 0 Å². The summed E-state index contributed by atoms with van der Waals surface area (Å²) in [6.45, 7) is 1.99. The molecule has 5 heteroatoms. The Labute approximate surface area is 133 Å². The fourth-order valence-electron chi connectivity index (χ4n) is 2.46. The third kappa shape index (κ3) is 2.85. The minimum absolute atomic E-state index is 0.00956. The van der Waals surface area contributed by atoms with Crippen molar-refractivity contribution in [2.45, 2.75) is 19.4 Å². The predicted octanol–water partition coefficient (Wildman–Crippen LogP) is 4.45. The SMILES string of the molecule is Cc1ccc(O)c(C2=NN[C@H](c3ccc(Cl)cc3Cl)C2)c1. The first kappa shape index (κ1) is 14.2. The van der Waals surface area contributed by atoms with Gasteiger partial charge in [-0.25, -0.2) is 0 Å². The van der Waals surface area contributed by atoms with Gasteiger partial charge in [-0.2, -0.15) is 5.10 Å². The van der Waals surface area contributed by atoms with E-state index >= 15 is 0 Å². The third-order valence-electron chi connectivity index (χ3n) is 3.55. The maximum Gasteiger partial charge on any atom is 0.124 e. The van der Waals surface area contributed by atoms with E-state index in [-0.39, 0.29) is 11.8 Å². The smallest absolute Gasteiger partial charge is 0.124 e. The molecule has 0 saturated carbocycles. The summed E-state index contributed by atoms with van der Waals surface area (Å²) >= 11 is 12.2. The van der Waals surface area contributed by atoms with Gasteiger partial charge in [-0.05, 0) is 36.8 Å². The van der Waals surface area contributed by atoms with Crippen molar-refractivity contribution in [2.24, 2.45) is 5.10 Å². The Kier molecular flexibility index (Phi) is 3.79. The Morgan fingerprint density at radius 2 is 2.00 bits per heavy atom. The lowest BCUT2D eigenvalue weighted by molar-refractivity contribution is 0.474. The maximum absolute atomic E-state index is 9.99. The topological polar surface area (TPSA) is 44.6 Å². The molecule has 0 bridgehead atoms. The van der Waals surface area contributed by atoms with Crippen molar-refractivity contribution in [3.63, 3.8) is 0 Å². The molecule has 21 heavy (non-hydrogen) atoms. The van der Waals surface area contributed by atoms with Gasteiger partial charge in [0.1, 0.15) is 5.75 Å². The van der Waals surface area contributed by atoms with Crippen molar-refractivity contribution < 1.29 is 5.11 Å². The zero-order valence-corrected chi connectivity index (χ0v) is 12.9. The lowest BCUT2D eigenvalue weighted by atomic mass is 9.97. The number of aromatic hydroxyl groups is 1. The predicted molar refractivity (Wildman–Crippen MR) is 86.3 cm³/mol. The molecule has 1 aliphatic heterocycles. The highest BCUT2D eigenvalue weighted by molar-refractivity contribution is 6.35. The zero-order chi connectivity index (χ0) is 15.0. The van der Waals surface area contributed by atoms with Gasteiger partial charge in [0.2, 0.25) is 0 Å². The van der Waals surface area contributed by atoms with E-state index in [0.29, 0.717) is 16.5 Å². The van der Waals surface area contributed by atoms with Crippen molar-refractivity contribution >= 4 is 28.9 Å². The number of halogens is 2. The van der Waals surface area contributed by atoms with E-state index in [2.05, 4.69) is 10.5 Å². The molecule has 1 atom stereocenters. The maximum atomic E-state index is 9.99. The van der Waals surface area contributed by atoms with Gasteiger partial charge >= 0.3 is 0 Å². The summed E-state index contributed by atoms with van der Waals surface area (Å²) in [5.41, 5.74) is 6.70. The second kappa shape index (κ2) is 5.58. The summed E-state index contributed by atoms with van der Waals surface area (Å²) in [5, 5.41) is 15.6. The lowest BCUT2D eigenvalue weighted by Crippen LogP contribution is -2.10. The number of aryl methyl sites for hydroxylation is 1. The molecule has 0 spiro atoms. The lowest BCUT2D eigenvalue weighted by Gasteiger charge is -2.12. The Bertz CT molecular complexity index is 728. The summed E-state index contributed by atoms with van der Waals surface area (Å²) in [6, 6.07) is 10.9. The van der Waals surface area contributed by atoms with Crippen molar-refractivity contribution in [3.05, 3.63) is 63.1 Å². The van der Waals surface area contributed by atoms with Gasteiger partial charge in [0, 0.05) is 22.0 Å². The molecular weight excluding hydrogens is 307 g/mol. The van der Waals surface area contributed by atoms with Crippen LogP contribution in [0.15, 0.2) is 41.5 Å². The molecule has 1 aliphatic rings. The average molecular weight is 321 g/mol. The summed E-state index contributed by atoms with van der Waals surface area (Å²) in [5.74, 6) is 0.240. The van der Waals surface area contributed by atoms with Gasteiger partial charge in [0.25, 0.3) is 0 Å². The van der Waals surface area contributed by atoms with E-state index in [1.165, 1.54) is 0 Å². The number of phenols is 1. The van der Waals surface area contributed by atoms with E-state index in [0.717, 1.165) is 22.4 Å². The molecule has 2 aromatic carbocycles. The molecular formula is C16H14Cl2N2O. The number of phenolic OH excluding ortho intramolecular Hbond substituents is 1. The molecule has 3 nitrogen and oxygen atoms in total. The molecule has 0 aromatic heterocycles. The quantitative estimate of drug-likeness (QED) is 0.858. The molecule has 108 valence electrons. The standard InChI is InChI=1S/C16H14Cl2N2O/c1-9-2-5-16(21)12(6-9)15-8-14(19-20-15)11-4-3-10(17)7-13(11)18/h2-7,14,19,21H,8H2,1H3/t14-/m0/s1. The number of nitrogens with one attached hydrogen (secondary N) is 1. The van der Waals surface area contributed by atoms with Crippen LogP contribution in [0.25, 0.3) is 0 Å². The molecule has 0 amide bonds. The Balaban J connectivity index is 1.86. The summed E-state index contributed by atoms with van der Waals surface area (Å²) < 4.78 is 0. The highest BCUT2D eigenvalue weighted by Gasteiger charge is 2.24. The van der Waals surface area contributed by atoms with Gasteiger partial charge in [0.05, 0.1) is 11.8 Å². The number of hydrogen-bond donors (Lipinski definition) is 2. The van der Waals surface area contributed by atoms with Crippen LogP contribution in [-0.4, -0.2) is 10.8 Å². The van der Waals surface area contributed by atoms with Crippen LogP contribution in [-0.2, 0) is 0 Å². The van der Waals surface area contributed by atoms with E-state index in [9.17, 15) is 5.11 Å². The number of benzene rings is 2. The molecule has 2 aromatic rings. The first-order chi connectivity index (χ1) is 10.0. The Hall–Kier alpha value is -1.71. The van der Waals surface area contributed by atoms with Gasteiger partial charge in [-0.3, -0.25) is 0 Å². The summed E-state index contributed by atoms with van der Waals surface area (Å²) in [6.07, 6.45) is 0.665. The van der Waals surface area contributed by atoms with Crippen LogP contribution in [0, 0.1) is 6.92 Å². The van der Waals surface area contributed by atoms with Gasteiger partial charge < -0.3 is 10.5 Å². The minimum Gasteiger partial charge on any atom is -0.507 e. The molecule has 0 aliphatic carbocycles. The Morgan fingerprint density at radius 1 is 1.19 bits per heavy atom. The fraction of sp³-hybridized carbons (Fsp3) is 0.188. The highest BCUT2D eigenvalue weighted by Crippen LogP contribution is 2.33. The molecule has 0 fully saturated rings. The molecule has 0 unspecified atom stereocenters. The van der Waals surface area contributed by atoms with Gasteiger partial charge in [-0.1, -0.05) is 40.9 Å². The van der Waals surface area contributed by atoms with Crippen LogP contribution in [0.5, 0.6) is 5.75 Å². The van der Waals surface area contributed by atoms with E-state index in [4.69, 9.17) is 23.2 Å². The van der Waals surface area contributed by atoms with Crippen LogP contribution < -0.4 is 5.43 Å². The molecule has 0 radical (unpaired) electrons. The van der Waals surface area contributed by atoms with E-state index < -0.39 is 0 Å². The highest BCUT2D eigenvalue weighted by atomic mass is 35.5. The summed E-state index contributed by atoms with van der Waals surface area (Å²) in [4.78, 5) is 0. The van der Waals surface area contributed by atoms with E-state index in [1.54, 1.807) is 12.1 Å². The number of hydrogen-bond acceptors (Lipinski definition) is 3. The molecule has 0 saturated heterocycles. The fourth-order valence-corrected chi connectivity index (χ4v) is 3.00. The second-order valence-corrected chi connectivity index (χ2v) is 5.97. The van der Waals surface area contributed by atoms with Crippen LogP contribution >= 0.6 is 23.2 Å².